The van der Waals surface area contributed by atoms with Crippen molar-refractivity contribution in [2.24, 2.45) is 0 Å². The second kappa shape index (κ2) is 9.23. The number of carbonyl (C=O) groups excluding carboxylic acids is 1. The molecule has 0 radical (unpaired) electrons. The summed E-state index contributed by atoms with van der Waals surface area (Å²) in [5.74, 6) is 1.16. The molecule has 0 saturated carbocycles. The largest absolute Gasteiger partial charge is 0.478 e. The molecule has 5 nitrogen and oxygen atoms in total. The number of benzene rings is 3. The van der Waals surface area contributed by atoms with Gasteiger partial charge in [-0.1, -0.05) is 43.7 Å². The molecule has 0 unspecified atom stereocenters. The standard InChI is InChI=1S/C25H21BrN2O3/c1-2-3-7-21-23(19-6-4-5-8-20(19)31-21)25(29)28-17-10-11-18-16(15-17)9-12-22(24(18)26)30-14-13-27/h4-6,8-12,15H,2-3,7,14H2,1H3,(H,28,29). The maximum atomic E-state index is 13.2. The maximum absolute atomic E-state index is 13.2. The molecule has 3 aromatic carbocycles. The van der Waals surface area contributed by atoms with E-state index in [0.717, 1.165) is 51.2 Å². The van der Waals surface area contributed by atoms with Crippen LogP contribution < -0.4 is 10.1 Å². The Kier molecular flexibility index (Phi) is 6.24. The lowest BCUT2D eigenvalue weighted by molar-refractivity contribution is 0.102. The third kappa shape index (κ3) is 4.28. The molecule has 0 atom stereocenters. The molecule has 0 saturated heterocycles. The van der Waals surface area contributed by atoms with Gasteiger partial charge in [-0.2, -0.15) is 5.26 Å². The van der Waals surface area contributed by atoms with Crippen molar-refractivity contribution in [1.82, 2.24) is 0 Å². The van der Waals surface area contributed by atoms with E-state index in [9.17, 15) is 4.79 Å². The van der Waals surface area contributed by atoms with Gasteiger partial charge in [0.05, 0.1) is 10.0 Å². The van der Waals surface area contributed by atoms with Crippen LogP contribution in [-0.4, -0.2) is 12.5 Å². The second-order valence-electron chi connectivity index (χ2n) is 7.21. The van der Waals surface area contributed by atoms with Crippen LogP contribution in [0.25, 0.3) is 21.7 Å². The maximum Gasteiger partial charge on any atom is 0.259 e. The molecule has 0 spiro atoms. The zero-order chi connectivity index (χ0) is 21.8. The second-order valence-corrected chi connectivity index (χ2v) is 8.01. The Labute approximate surface area is 188 Å². The Morgan fingerprint density at radius 1 is 1.16 bits per heavy atom. The van der Waals surface area contributed by atoms with Crippen LogP contribution in [0.3, 0.4) is 0 Å². The summed E-state index contributed by atoms with van der Waals surface area (Å²) < 4.78 is 12.2. The monoisotopic (exact) mass is 476 g/mol. The first-order valence-corrected chi connectivity index (χ1v) is 11.0. The molecule has 1 heterocycles. The number of carbonyl (C=O) groups is 1. The summed E-state index contributed by atoms with van der Waals surface area (Å²) in [6, 6.07) is 19.0. The summed E-state index contributed by atoms with van der Waals surface area (Å²) in [7, 11) is 0. The highest BCUT2D eigenvalue weighted by atomic mass is 79.9. The molecular weight excluding hydrogens is 456 g/mol. The Balaban J connectivity index is 1.65. The number of nitrogens with zero attached hydrogens (tertiary/aromatic N) is 1. The van der Waals surface area contributed by atoms with Gasteiger partial charge in [-0.3, -0.25) is 4.79 Å². The Morgan fingerprint density at radius 3 is 2.81 bits per heavy atom. The molecule has 1 aromatic heterocycles. The number of rotatable bonds is 7. The van der Waals surface area contributed by atoms with E-state index in [1.807, 2.05) is 60.7 Å². The predicted molar refractivity (Wildman–Crippen MR) is 126 cm³/mol. The first kappa shape index (κ1) is 21.0. The molecule has 0 aliphatic heterocycles. The highest BCUT2D eigenvalue weighted by molar-refractivity contribution is 9.10. The SMILES string of the molecule is CCCCc1oc2ccccc2c1C(=O)Nc1ccc2c(Br)c(OCC#N)ccc2c1. The topological polar surface area (TPSA) is 75.3 Å². The quantitative estimate of drug-likeness (QED) is 0.316. The van der Waals surface area contributed by atoms with E-state index in [2.05, 4.69) is 28.2 Å². The molecule has 4 rings (SSSR count). The third-order valence-electron chi connectivity index (χ3n) is 5.12. The van der Waals surface area contributed by atoms with Crippen LogP contribution in [0.15, 0.2) is 63.5 Å². The van der Waals surface area contributed by atoms with Crippen LogP contribution in [0, 0.1) is 11.3 Å². The van der Waals surface area contributed by atoms with Crippen molar-refractivity contribution >= 4 is 49.3 Å². The predicted octanol–water partition coefficient (Wildman–Crippen LogP) is 6.85. The van der Waals surface area contributed by atoms with E-state index in [-0.39, 0.29) is 12.5 Å². The van der Waals surface area contributed by atoms with Crippen molar-refractivity contribution in [2.45, 2.75) is 26.2 Å². The number of hydrogen-bond donors (Lipinski definition) is 1. The zero-order valence-electron chi connectivity index (χ0n) is 17.1. The molecular formula is C25H21BrN2O3. The van der Waals surface area contributed by atoms with Gasteiger partial charge >= 0.3 is 0 Å². The van der Waals surface area contributed by atoms with Gasteiger partial charge in [0.15, 0.2) is 6.61 Å². The average Bonchev–Trinajstić information content (AvgIpc) is 3.15. The molecule has 1 N–H and O–H groups in total. The molecule has 0 aliphatic carbocycles. The van der Waals surface area contributed by atoms with E-state index in [1.54, 1.807) is 0 Å². The number of fused-ring (bicyclic) bond motifs is 2. The van der Waals surface area contributed by atoms with Crippen LogP contribution >= 0.6 is 15.9 Å². The summed E-state index contributed by atoms with van der Waals surface area (Å²) in [6.45, 7) is 2.10. The summed E-state index contributed by atoms with van der Waals surface area (Å²) >= 11 is 3.55. The molecule has 6 heteroatoms. The number of nitrogens with one attached hydrogen (secondary N) is 1. The van der Waals surface area contributed by atoms with Crippen molar-refractivity contribution in [3.63, 3.8) is 0 Å². The molecule has 1 amide bonds. The molecule has 0 bridgehead atoms. The van der Waals surface area contributed by atoms with Crippen molar-refractivity contribution in [3.05, 3.63) is 70.4 Å². The number of ether oxygens (including phenoxy) is 1. The van der Waals surface area contributed by atoms with Crippen LogP contribution in [0.2, 0.25) is 0 Å². The van der Waals surface area contributed by atoms with E-state index in [0.29, 0.717) is 17.0 Å². The van der Waals surface area contributed by atoms with E-state index < -0.39 is 0 Å². The average molecular weight is 477 g/mol. The highest BCUT2D eigenvalue weighted by Crippen LogP contribution is 2.35. The van der Waals surface area contributed by atoms with Crippen molar-refractivity contribution < 1.29 is 13.9 Å². The smallest absolute Gasteiger partial charge is 0.259 e. The van der Waals surface area contributed by atoms with Gasteiger partial charge in [0.2, 0.25) is 0 Å². The van der Waals surface area contributed by atoms with Crippen LogP contribution in [0.1, 0.15) is 35.9 Å². The molecule has 0 aliphatic rings. The Hall–Kier alpha value is -3.30. The zero-order valence-corrected chi connectivity index (χ0v) is 18.7. The van der Waals surface area contributed by atoms with Crippen LogP contribution in [-0.2, 0) is 6.42 Å². The van der Waals surface area contributed by atoms with E-state index in [1.165, 1.54) is 0 Å². The fourth-order valence-corrected chi connectivity index (χ4v) is 4.23. The number of aryl methyl sites for hydroxylation is 1. The van der Waals surface area contributed by atoms with Gasteiger partial charge in [0.1, 0.15) is 23.2 Å². The third-order valence-corrected chi connectivity index (χ3v) is 5.94. The van der Waals surface area contributed by atoms with Gasteiger partial charge in [-0.25, -0.2) is 0 Å². The fraction of sp³-hybridized carbons (Fsp3) is 0.200. The van der Waals surface area contributed by atoms with Crippen molar-refractivity contribution in [2.75, 3.05) is 11.9 Å². The fourth-order valence-electron chi connectivity index (χ4n) is 3.62. The number of hydrogen-bond acceptors (Lipinski definition) is 4. The lowest BCUT2D eigenvalue weighted by atomic mass is 10.1. The van der Waals surface area contributed by atoms with Gasteiger partial charge in [0, 0.05) is 17.5 Å². The Morgan fingerprint density at radius 2 is 2.00 bits per heavy atom. The van der Waals surface area contributed by atoms with Gasteiger partial charge in [0.25, 0.3) is 5.91 Å². The summed E-state index contributed by atoms with van der Waals surface area (Å²) in [4.78, 5) is 13.2. The van der Waals surface area contributed by atoms with Gasteiger partial charge in [-0.15, -0.1) is 0 Å². The number of unbranched alkanes of at least 4 members (excludes halogenated alkanes) is 1. The number of para-hydroxylation sites is 1. The Bertz CT molecular complexity index is 1300. The van der Waals surface area contributed by atoms with E-state index in [4.69, 9.17) is 14.4 Å². The normalized spacial score (nSPS) is 10.9. The van der Waals surface area contributed by atoms with E-state index >= 15 is 0 Å². The molecule has 31 heavy (non-hydrogen) atoms. The van der Waals surface area contributed by atoms with Crippen LogP contribution in [0.4, 0.5) is 5.69 Å². The minimum Gasteiger partial charge on any atom is -0.478 e. The molecule has 4 aromatic rings. The number of furan rings is 1. The number of amides is 1. The minimum atomic E-state index is -0.177. The first-order chi connectivity index (χ1) is 15.1. The number of halogens is 1. The lowest BCUT2D eigenvalue weighted by Crippen LogP contribution is -2.13. The lowest BCUT2D eigenvalue weighted by Gasteiger charge is -2.10. The van der Waals surface area contributed by atoms with Crippen molar-refractivity contribution in [1.29, 1.82) is 5.26 Å². The van der Waals surface area contributed by atoms with Crippen LogP contribution in [0.5, 0.6) is 5.75 Å². The summed E-state index contributed by atoms with van der Waals surface area (Å²) in [6.07, 6.45) is 2.71. The van der Waals surface area contributed by atoms with Gasteiger partial charge in [-0.05, 0) is 57.4 Å². The molecule has 0 fully saturated rings. The van der Waals surface area contributed by atoms with Crippen molar-refractivity contribution in [3.8, 4) is 11.8 Å². The number of nitriles is 1. The number of anilines is 1. The summed E-state index contributed by atoms with van der Waals surface area (Å²) in [5, 5.41) is 14.5. The van der Waals surface area contributed by atoms with Gasteiger partial charge < -0.3 is 14.5 Å². The minimum absolute atomic E-state index is 0.0166. The highest BCUT2D eigenvalue weighted by Gasteiger charge is 2.20. The first-order valence-electron chi connectivity index (χ1n) is 10.2. The molecule has 156 valence electrons. The summed E-state index contributed by atoms with van der Waals surface area (Å²) in [5.41, 5.74) is 2.03.